The zero-order chi connectivity index (χ0) is 11.4. The standard InChI is InChI=1S/C13H18O2S/c14-9-11-4-3-5-12(8-11)16-10-13(15)6-1-2-7-13/h3-5,8,14-15H,1-2,6-7,9-10H2. The van der Waals surface area contributed by atoms with Crippen LogP contribution in [0, 0.1) is 0 Å². The monoisotopic (exact) mass is 238 g/mol. The molecular formula is C13H18O2S. The first-order valence-electron chi connectivity index (χ1n) is 5.77. The quantitative estimate of drug-likeness (QED) is 0.792. The Bertz CT molecular complexity index is 346. The van der Waals surface area contributed by atoms with E-state index in [1.807, 2.05) is 24.3 Å². The summed E-state index contributed by atoms with van der Waals surface area (Å²) in [5.74, 6) is 0.766. The first-order valence-corrected chi connectivity index (χ1v) is 6.75. The summed E-state index contributed by atoms with van der Waals surface area (Å²) in [6, 6.07) is 7.88. The van der Waals surface area contributed by atoms with Gasteiger partial charge in [-0.2, -0.15) is 0 Å². The van der Waals surface area contributed by atoms with Crippen LogP contribution in [0.1, 0.15) is 31.2 Å². The van der Waals surface area contributed by atoms with E-state index in [1.54, 1.807) is 11.8 Å². The maximum absolute atomic E-state index is 10.2. The van der Waals surface area contributed by atoms with Gasteiger partial charge in [-0.15, -0.1) is 11.8 Å². The number of hydrogen-bond donors (Lipinski definition) is 2. The molecule has 0 bridgehead atoms. The zero-order valence-corrected chi connectivity index (χ0v) is 10.2. The van der Waals surface area contributed by atoms with E-state index in [2.05, 4.69) is 0 Å². The highest BCUT2D eigenvalue weighted by Gasteiger charge is 2.30. The Morgan fingerprint density at radius 2 is 2.00 bits per heavy atom. The largest absolute Gasteiger partial charge is 0.392 e. The van der Waals surface area contributed by atoms with Crippen molar-refractivity contribution in [2.24, 2.45) is 0 Å². The average Bonchev–Trinajstić information content (AvgIpc) is 2.75. The predicted octanol–water partition coefficient (Wildman–Crippen LogP) is 2.58. The van der Waals surface area contributed by atoms with Crippen LogP contribution in [0.4, 0.5) is 0 Å². The Morgan fingerprint density at radius 1 is 1.25 bits per heavy atom. The van der Waals surface area contributed by atoms with Crippen LogP contribution in [0.2, 0.25) is 0 Å². The minimum atomic E-state index is -0.458. The third kappa shape index (κ3) is 3.00. The maximum Gasteiger partial charge on any atom is 0.0741 e. The lowest BCUT2D eigenvalue weighted by atomic mass is 10.1. The molecule has 0 unspecified atom stereocenters. The molecule has 0 atom stereocenters. The molecule has 0 aromatic heterocycles. The summed E-state index contributed by atoms with van der Waals surface area (Å²) in [5, 5.41) is 19.2. The van der Waals surface area contributed by atoms with Gasteiger partial charge in [-0.25, -0.2) is 0 Å². The number of thioether (sulfide) groups is 1. The molecule has 1 fully saturated rings. The minimum Gasteiger partial charge on any atom is -0.392 e. The van der Waals surface area contributed by atoms with Crippen molar-refractivity contribution in [1.29, 1.82) is 0 Å². The second-order valence-corrected chi connectivity index (χ2v) is 5.57. The van der Waals surface area contributed by atoms with Gasteiger partial charge in [0.1, 0.15) is 0 Å². The Kier molecular flexibility index (Phi) is 3.90. The van der Waals surface area contributed by atoms with Crippen LogP contribution in [-0.2, 0) is 6.61 Å². The first-order chi connectivity index (χ1) is 7.72. The molecule has 1 aromatic carbocycles. The molecule has 2 rings (SSSR count). The topological polar surface area (TPSA) is 40.5 Å². The lowest BCUT2D eigenvalue weighted by Crippen LogP contribution is -2.26. The SMILES string of the molecule is OCc1cccc(SCC2(O)CCCC2)c1. The molecule has 16 heavy (non-hydrogen) atoms. The van der Waals surface area contributed by atoms with Crippen molar-refractivity contribution in [2.45, 2.75) is 42.8 Å². The van der Waals surface area contributed by atoms with Crippen molar-refractivity contribution in [3.8, 4) is 0 Å². The number of benzene rings is 1. The van der Waals surface area contributed by atoms with Gasteiger partial charge >= 0.3 is 0 Å². The highest BCUT2D eigenvalue weighted by Crippen LogP contribution is 2.34. The second kappa shape index (κ2) is 5.21. The van der Waals surface area contributed by atoms with Crippen LogP contribution in [-0.4, -0.2) is 21.6 Å². The highest BCUT2D eigenvalue weighted by molar-refractivity contribution is 7.99. The molecule has 1 aromatic rings. The van der Waals surface area contributed by atoms with Crippen molar-refractivity contribution < 1.29 is 10.2 Å². The summed E-state index contributed by atoms with van der Waals surface area (Å²) in [5.41, 5.74) is 0.475. The summed E-state index contributed by atoms with van der Waals surface area (Å²) >= 11 is 1.68. The van der Waals surface area contributed by atoms with Crippen molar-refractivity contribution in [3.05, 3.63) is 29.8 Å². The van der Waals surface area contributed by atoms with Gasteiger partial charge in [0.15, 0.2) is 0 Å². The van der Waals surface area contributed by atoms with Crippen LogP contribution < -0.4 is 0 Å². The van der Waals surface area contributed by atoms with E-state index in [-0.39, 0.29) is 6.61 Å². The van der Waals surface area contributed by atoms with Gasteiger partial charge < -0.3 is 10.2 Å². The van der Waals surface area contributed by atoms with Crippen molar-refractivity contribution >= 4 is 11.8 Å². The van der Waals surface area contributed by atoms with E-state index in [0.29, 0.717) is 0 Å². The van der Waals surface area contributed by atoms with Gasteiger partial charge in [-0.1, -0.05) is 25.0 Å². The first kappa shape index (κ1) is 12.0. The second-order valence-electron chi connectivity index (χ2n) is 4.53. The molecule has 1 aliphatic rings. The molecule has 1 aliphatic carbocycles. The van der Waals surface area contributed by atoms with Gasteiger partial charge in [0, 0.05) is 10.6 Å². The van der Waals surface area contributed by atoms with E-state index in [4.69, 9.17) is 5.11 Å². The molecular weight excluding hydrogens is 220 g/mol. The molecule has 1 saturated carbocycles. The molecule has 0 radical (unpaired) electrons. The van der Waals surface area contributed by atoms with Gasteiger partial charge in [0.05, 0.1) is 12.2 Å². The van der Waals surface area contributed by atoms with Crippen molar-refractivity contribution in [1.82, 2.24) is 0 Å². The smallest absolute Gasteiger partial charge is 0.0741 e. The van der Waals surface area contributed by atoms with Crippen molar-refractivity contribution in [3.63, 3.8) is 0 Å². The van der Waals surface area contributed by atoms with E-state index in [1.165, 1.54) is 0 Å². The fourth-order valence-corrected chi connectivity index (χ4v) is 3.26. The Labute approximate surface area is 101 Å². The third-order valence-corrected chi connectivity index (χ3v) is 4.39. The van der Waals surface area contributed by atoms with Crippen LogP contribution in [0.25, 0.3) is 0 Å². The van der Waals surface area contributed by atoms with Crippen LogP contribution >= 0.6 is 11.8 Å². The maximum atomic E-state index is 10.2. The Hall–Kier alpha value is -0.510. The van der Waals surface area contributed by atoms with Crippen LogP contribution in [0.3, 0.4) is 0 Å². The summed E-state index contributed by atoms with van der Waals surface area (Å²) < 4.78 is 0. The predicted molar refractivity (Wildman–Crippen MR) is 66.5 cm³/mol. The third-order valence-electron chi connectivity index (χ3n) is 3.12. The van der Waals surface area contributed by atoms with Crippen LogP contribution in [0.5, 0.6) is 0 Å². The lowest BCUT2D eigenvalue weighted by molar-refractivity contribution is 0.0732. The molecule has 0 heterocycles. The summed E-state index contributed by atoms with van der Waals surface area (Å²) in [4.78, 5) is 1.13. The summed E-state index contributed by atoms with van der Waals surface area (Å²) in [6.45, 7) is 0.0820. The molecule has 0 saturated heterocycles. The molecule has 2 nitrogen and oxygen atoms in total. The lowest BCUT2D eigenvalue weighted by Gasteiger charge is -2.21. The molecule has 88 valence electrons. The van der Waals surface area contributed by atoms with E-state index < -0.39 is 5.60 Å². The Balaban J connectivity index is 1.93. The molecule has 0 amide bonds. The average molecular weight is 238 g/mol. The van der Waals surface area contributed by atoms with E-state index >= 15 is 0 Å². The fraction of sp³-hybridized carbons (Fsp3) is 0.538. The molecule has 0 aliphatic heterocycles. The Morgan fingerprint density at radius 3 is 2.69 bits per heavy atom. The molecule has 2 N–H and O–H groups in total. The zero-order valence-electron chi connectivity index (χ0n) is 9.35. The summed E-state index contributed by atoms with van der Waals surface area (Å²) in [6.07, 6.45) is 4.15. The van der Waals surface area contributed by atoms with Crippen molar-refractivity contribution in [2.75, 3.05) is 5.75 Å². The van der Waals surface area contributed by atoms with Gasteiger partial charge in [-0.05, 0) is 30.5 Å². The number of aliphatic hydroxyl groups excluding tert-OH is 1. The minimum absolute atomic E-state index is 0.0820. The van der Waals surface area contributed by atoms with Gasteiger partial charge in [0.2, 0.25) is 0 Å². The number of hydrogen-bond acceptors (Lipinski definition) is 3. The van der Waals surface area contributed by atoms with Gasteiger partial charge in [-0.3, -0.25) is 0 Å². The van der Waals surface area contributed by atoms with E-state index in [9.17, 15) is 5.11 Å². The molecule has 3 heteroatoms. The normalized spacial score (nSPS) is 18.9. The molecule has 0 spiro atoms. The summed E-state index contributed by atoms with van der Waals surface area (Å²) in [7, 11) is 0. The highest BCUT2D eigenvalue weighted by atomic mass is 32.2. The number of rotatable bonds is 4. The fourth-order valence-electron chi connectivity index (χ4n) is 2.13. The van der Waals surface area contributed by atoms with Gasteiger partial charge in [0.25, 0.3) is 0 Å². The van der Waals surface area contributed by atoms with Crippen LogP contribution in [0.15, 0.2) is 29.2 Å². The van der Waals surface area contributed by atoms with E-state index in [0.717, 1.165) is 41.9 Å². The number of aliphatic hydroxyl groups is 2.